The number of carbonyl (C=O) groups is 1. The monoisotopic (exact) mass is 200 g/mol. The summed E-state index contributed by atoms with van der Waals surface area (Å²) in [4.78, 5) is 11.5. The van der Waals surface area contributed by atoms with Gasteiger partial charge in [-0.2, -0.15) is 0 Å². The van der Waals surface area contributed by atoms with Crippen LogP contribution in [0.2, 0.25) is 0 Å². The predicted octanol–water partition coefficient (Wildman–Crippen LogP) is 3.77. The average Bonchev–Trinajstić information content (AvgIpc) is 2.30. The van der Waals surface area contributed by atoms with Crippen molar-refractivity contribution in [1.82, 2.24) is 0 Å². The summed E-state index contributed by atoms with van der Waals surface area (Å²) in [6.45, 7) is 2.15. The molecule has 0 aliphatic heterocycles. The number of benzene rings is 1. The van der Waals surface area contributed by atoms with Crippen LogP contribution in [0.15, 0.2) is 48.2 Å². The van der Waals surface area contributed by atoms with Crippen molar-refractivity contribution in [3.05, 3.63) is 53.8 Å². The van der Waals surface area contributed by atoms with Crippen LogP contribution >= 0.6 is 0 Å². The number of unbranched alkanes of at least 4 members (excludes halogenated alkanes) is 2. The van der Waals surface area contributed by atoms with E-state index < -0.39 is 0 Å². The zero-order valence-electron chi connectivity index (χ0n) is 9.07. The first-order valence-corrected chi connectivity index (χ1v) is 5.35. The zero-order valence-corrected chi connectivity index (χ0v) is 9.07. The lowest BCUT2D eigenvalue weighted by Gasteiger charge is -1.91. The van der Waals surface area contributed by atoms with Crippen LogP contribution < -0.4 is 0 Å². The third kappa shape index (κ3) is 4.44. The molecule has 0 spiro atoms. The van der Waals surface area contributed by atoms with Crippen molar-refractivity contribution in [1.29, 1.82) is 0 Å². The van der Waals surface area contributed by atoms with Gasteiger partial charge in [-0.15, -0.1) is 5.73 Å². The van der Waals surface area contributed by atoms with Crippen LogP contribution in [-0.2, 0) is 0 Å². The number of rotatable bonds is 5. The second-order valence-electron chi connectivity index (χ2n) is 3.39. The van der Waals surface area contributed by atoms with Gasteiger partial charge >= 0.3 is 0 Å². The smallest absolute Gasteiger partial charge is 0.193 e. The second-order valence-corrected chi connectivity index (χ2v) is 3.39. The average molecular weight is 200 g/mol. The van der Waals surface area contributed by atoms with Gasteiger partial charge in [0.1, 0.15) is 0 Å². The van der Waals surface area contributed by atoms with E-state index in [1.54, 1.807) is 0 Å². The molecule has 0 unspecified atom stereocenters. The van der Waals surface area contributed by atoms with Gasteiger partial charge < -0.3 is 0 Å². The van der Waals surface area contributed by atoms with E-state index in [0.717, 1.165) is 12.8 Å². The Balaban J connectivity index is 2.53. The minimum Gasteiger partial charge on any atom is -0.289 e. The van der Waals surface area contributed by atoms with E-state index in [0.29, 0.717) is 5.56 Å². The number of ketones is 1. The van der Waals surface area contributed by atoms with Crippen molar-refractivity contribution < 1.29 is 4.79 Å². The molecule has 0 N–H and O–H groups in total. The molecular formula is C14H16O. The molecule has 1 rings (SSSR count). The van der Waals surface area contributed by atoms with Gasteiger partial charge in [0.25, 0.3) is 0 Å². The molecule has 0 aromatic heterocycles. The minimum absolute atomic E-state index is 0.0170. The van der Waals surface area contributed by atoms with E-state index in [2.05, 4.69) is 12.7 Å². The van der Waals surface area contributed by atoms with Crippen LogP contribution in [0.3, 0.4) is 0 Å². The normalized spacial score (nSPS) is 9.13. The Morgan fingerprint density at radius 2 is 2.07 bits per heavy atom. The molecule has 0 atom stereocenters. The molecule has 0 fully saturated rings. The van der Waals surface area contributed by atoms with Crippen molar-refractivity contribution in [3.8, 4) is 0 Å². The molecule has 0 radical (unpaired) electrons. The lowest BCUT2D eigenvalue weighted by atomic mass is 10.1. The summed E-state index contributed by atoms with van der Waals surface area (Å²) in [5, 5.41) is 0. The fraction of sp³-hybridized carbons (Fsp3) is 0.286. The maximum atomic E-state index is 11.5. The highest BCUT2D eigenvalue weighted by Crippen LogP contribution is 2.00. The Kier molecular flexibility index (Phi) is 5.21. The standard InChI is InChI=1S/C14H16O/c1-2-3-4-5-9-12-14(15)13-10-7-6-8-11-13/h5-8,10-12H,2-4H2,1H3. The van der Waals surface area contributed by atoms with Crippen LogP contribution in [0.1, 0.15) is 36.5 Å². The van der Waals surface area contributed by atoms with Gasteiger partial charge in [-0.3, -0.25) is 4.79 Å². The molecule has 1 aromatic rings. The van der Waals surface area contributed by atoms with E-state index in [1.807, 2.05) is 36.4 Å². The summed E-state index contributed by atoms with van der Waals surface area (Å²) >= 11 is 0. The van der Waals surface area contributed by atoms with Gasteiger partial charge in [0.05, 0.1) is 0 Å². The maximum absolute atomic E-state index is 11.5. The highest BCUT2D eigenvalue weighted by atomic mass is 16.1. The van der Waals surface area contributed by atoms with E-state index in [1.165, 1.54) is 12.5 Å². The third-order valence-corrected chi connectivity index (χ3v) is 2.09. The number of allylic oxidation sites excluding steroid dienone is 1. The molecule has 15 heavy (non-hydrogen) atoms. The van der Waals surface area contributed by atoms with Crippen molar-refractivity contribution in [2.75, 3.05) is 0 Å². The van der Waals surface area contributed by atoms with Crippen molar-refractivity contribution in [3.63, 3.8) is 0 Å². The van der Waals surface area contributed by atoms with Crippen LogP contribution in [0, 0.1) is 0 Å². The van der Waals surface area contributed by atoms with Crippen molar-refractivity contribution in [2.24, 2.45) is 0 Å². The van der Waals surface area contributed by atoms with Crippen LogP contribution in [-0.4, -0.2) is 5.78 Å². The van der Waals surface area contributed by atoms with Crippen LogP contribution in [0.5, 0.6) is 0 Å². The SMILES string of the molecule is CCCCC=C=CC(=O)c1ccccc1. The zero-order chi connectivity index (χ0) is 10.9. The minimum atomic E-state index is 0.0170. The van der Waals surface area contributed by atoms with E-state index in [-0.39, 0.29) is 5.78 Å². The van der Waals surface area contributed by atoms with E-state index in [9.17, 15) is 4.79 Å². The van der Waals surface area contributed by atoms with Gasteiger partial charge in [0.2, 0.25) is 0 Å². The molecule has 1 nitrogen and oxygen atoms in total. The molecule has 78 valence electrons. The quantitative estimate of drug-likeness (QED) is 0.306. The van der Waals surface area contributed by atoms with E-state index in [4.69, 9.17) is 0 Å². The Morgan fingerprint density at radius 3 is 2.73 bits per heavy atom. The molecule has 0 saturated heterocycles. The Hall–Kier alpha value is -1.59. The fourth-order valence-electron chi connectivity index (χ4n) is 1.21. The van der Waals surface area contributed by atoms with Crippen LogP contribution in [0.4, 0.5) is 0 Å². The molecule has 0 aliphatic carbocycles. The lowest BCUT2D eigenvalue weighted by molar-refractivity contribution is 0.104. The van der Waals surface area contributed by atoms with Gasteiger partial charge in [-0.05, 0) is 18.9 Å². The molecule has 0 aliphatic rings. The molecule has 1 heteroatoms. The van der Waals surface area contributed by atoms with Crippen molar-refractivity contribution in [2.45, 2.75) is 26.2 Å². The third-order valence-electron chi connectivity index (χ3n) is 2.09. The Morgan fingerprint density at radius 1 is 1.33 bits per heavy atom. The first-order valence-electron chi connectivity index (χ1n) is 5.35. The Bertz CT molecular complexity index is 356. The fourth-order valence-corrected chi connectivity index (χ4v) is 1.21. The topological polar surface area (TPSA) is 17.1 Å². The maximum Gasteiger partial charge on any atom is 0.193 e. The highest BCUT2D eigenvalue weighted by molar-refractivity contribution is 6.04. The largest absolute Gasteiger partial charge is 0.289 e. The highest BCUT2D eigenvalue weighted by Gasteiger charge is 1.97. The first kappa shape index (κ1) is 11.5. The molecular weight excluding hydrogens is 184 g/mol. The summed E-state index contributed by atoms with van der Waals surface area (Å²) in [6, 6.07) is 9.25. The Labute approximate surface area is 91.1 Å². The van der Waals surface area contributed by atoms with Gasteiger partial charge in [-0.1, -0.05) is 43.7 Å². The van der Waals surface area contributed by atoms with Gasteiger partial charge in [0, 0.05) is 11.6 Å². The molecule has 0 amide bonds. The molecule has 0 saturated carbocycles. The van der Waals surface area contributed by atoms with Crippen molar-refractivity contribution >= 4 is 5.78 Å². The lowest BCUT2D eigenvalue weighted by Crippen LogP contribution is -1.91. The summed E-state index contributed by atoms with van der Waals surface area (Å²) in [7, 11) is 0. The summed E-state index contributed by atoms with van der Waals surface area (Å²) in [5.74, 6) is 0.0170. The number of hydrogen-bond donors (Lipinski definition) is 0. The predicted molar refractivity (Wildman–Crippen MR) is 63.0 cm³/mol. The summed E-state index contributed by atoms with van der Waals surface area (Å²) < 4.78 is 0. The first-order chi connectivity index (χ1) is 7.34. The summed E-state index contributed by atoms with van der Waals surface area (Å²) in [5.41, 5.74) is 3.64. The number of hydrogen-bond acceptors (Lipinski definition) is 1. The van der Waals surface area contributed by atoms with E-state index >= 15 is 0 Å². The molecule has 1 aromatic carbocycles. The van der Waals surface area contributed by atoms with Crippen LogP contribution in [0.25, 0.3) is 0 Å². The van der Waals surface area contributed by atoms with Gasteiger partial charge in [-0.25, -0.2) is 0 Å². The second kappa shape index (κ2) is 6.80. The molecule has 0 bridgehead atoms. The summed E-state index contributed by atoms with van der Waals surface area (Å²) in [6.07, 6.45) is 6.75. The van der Waals surface area contributed by atoms with Gasteiger partial charge in [0.15, 0.2) is 5.78 Å². The number of carbonyl (C=O) groups excluding carboxylic acids is 1. The molecule has 0 heterocycles.